The molecule has 0 saturated carbocycles. The summed E-state index contributed by atoms with van der Waals surface area (Å²) in [5.74, 6) is -4.28. The van der Waals surface area contributed by atoms with E-state index in [1.54, 1.807) is 0 Å². The normalized spacial score (nSPS) is 14.5. The van der Waals surface area contributed by atoms with Gasteiger partial charge in [-0.05, 0) is 30.3 Å². The first-order chi connectivity index (χ1) is 19.5. The van der Waals surface area contributed by atoms with Gasteiger partial charge in [-0.15, -0.1) is 0 Å². The first kappa shape index (κ1) is 25.4. The largest absolute Gasteiger partial charge is 0.508 e. The number of phenolic OH excluding ortho intramolecular Hbond substituents is 7. The second-order valence-corrected chi connectivity index (χ2v) is 9.48. The highest BCUT2D eigenvalue weighted by atomic mass is 16.5. The van der Waals surface area contributed by atoms with Crippen molar-refractivity contribution in [1.29, 1.82) is 0 Å². The molecule has 5 aromatic rings. The summed E-state index contributed by atoms with van der Waals surface area (Å²) in [4.78, 5) is 26.1. The van der Waals surface area contributed by atoms with E-state index < -0.39 is 51.6 Å². The Morgan fingerprint density at radius 3 is 2.10 bits per heavy atom. The summed E-state index contributed by atoms with van der Waals surface area (Å²) in [6.07, 6.45) is -1.52. The van der Waals surface area contributed by atoms with Crippen molar-refractivity contribution < 1.29 is 49.7 Å². The third-order valence-corrected chi connectivity index (χ3v) is 6.89. The van der Waals surface area contributed by atoms with Gasteiger partial charge in [0.1, 0.15) is 62.9 Å². The van der Waals surface area contributed by atoms with Crippen molar-refractivity contribution in [3.05, 3.63) is 82.0 Å². The summed E-state index contributed by atoms with van der Waals surface area (Å²) >= 11 is 0. The fourth-order valence-electron chi connectivity index (χ4n) is 5.03. The molecule has 11 nitrogen and oxygen atoms in total. The zero-order chi connectivity index (χ0) is 29.2. The van der Waals surface area contributed by atoms with Crippen LogP contribution in [-0.2, 0) is 0 Å². The van der Waals surface area contributed by atoms with Gasteiger partial charge in [0, 0.05) is 41.0 Å². The number of hydrogen-bond donors (Lipinski definition) is 7. The van der Waals surface area contributed by atoms with Crippen LogP contribution < -0.4 is 10.2 Å². The Morgan fingerprint density at radius 1 is 0.659 bits per heavy atom. The van der Waals surface area contributed by atoms with E-state index in [1.807, 2.05) is 0 Å². The average molecular weight is 556 g/mol. The number of ketones is 1. The number of benzene rings is 4. The number of Topliss-reactive ketones (excluding diaryl/α,β-unsaturated/α-hetero) is 1. The maximum atomic E-state index is 13.2. The van der Waals surface area contributed by atoms with E-state index in [2.05, 4.69) is 0 Å². The first-order valence-electron chi connectivity index (χ1n) is 12.2. The average Bonchev–Trinajstić information content (AvgIpc) is 2.90. The molecule has 0 amide bonds. The highest BCUT2D eigenvalue weighted by Crippen LogP contribution is 2.52. The molecule has 11 heteroatoms. The van der Waals surface area contributed by atoms with E-state index in [9.17, 15) is 45.3 Å². The summed E-state index contributed by atoms with van der Waals surface area (Å²) < 4.78 is 11.6. The lowest BCUT2D eigenvalue weighted by molar-refractivity contribution is 0.0845. The SMILES string of the molecule is O=C1CC(c2ccc(O)c(O)c2-c2c(O)cc3oc(-c4ccc(O)cc4)cc(=O)c3c2O)Oc2cc(O)cc(O)c21. The molecule has 0 radical (unpaired) electrons. The minimum absolute atomic E-state index is 0.000668. The maximum Gasteiger partial charge on any atom is 0.197 e. The second-order valence-electron chi connectivity index (χ2n) is 9.48. The Bertz CT molecular complexity index is 1960. The van der Waals surface area contributed by atoms with Crippen LogP contribution in [0.1, 0.15) is 28.4 Å². The smallest absolute Gasteiger partial charge is 0.197 e. The molecule has 1 atom stereocenters. The van der Waals surface area contributed by atoms with Gasteiger partial charge in [0.15, 0.2) is 22.7 Å². The molecule has 206 valence electrons. The molecule has 0 fully saturated rings. The molecule has 0 saturated heterocycles. The van der Waals surface area contributed by atoms with E-state index in [-0.39, 0.29) is 57.1 Å². The van der Waals surface area contributed by atoms with Crippen LogP contribution in [0.15, 0.2) is 69.9 Å². The van der Waals surface area contributed by atoms with Crippen molar-refractivity contribution in [2.24, 2.45) is 0 Å². The van der Waals surface area contributed by atoms with Crippen LogP contribution in [0.2, 0.25) is 0 Å². The van der Waals surface area contributed by atoms with Crippen LogP contribution in [-0.4, -0.2) is 41.5 Å². The van der Waals surface area contributed by atoms with E-state index in [1.165, 1.54) is 30.3 Å². The van der Waals surface area contributed by atoms with Gasteiger partial charge in [0.2, 0.25) is 0 Å². The fourth-order valence-corrected chi connectivity index (χ4v) is 5.03. The number of hydrogen-bond acceptors (Lipinski definition) is 11. The van der Waals surface area contributed by atoms with Crippen molar-refractivity contribution in [2.75, 3.05) is 0 Å². The van der Waals surface area contributed by atoms with Crippen LogP contribution in [0.25, 0.3) is 33.4 Å². The van der Waals surface area contributed by atoms with Gasteiger partial charge in [-0.1, -0.05) is 6.07 Å². The minimum atomic E-state index is -1.17. The summed E-state index contributed by atoms with van der Waals surface area (Å²) in [6.45, 7) is 0. The number of carbonyl (C=O) groups excluding carboxylic acids is 1. The van der Waals surface area contributed by atoms with Crippen molar-refractivity contribution in [3.63, 3.8) is 0 Å². The van der Waals surface area contributed by atoms with Gasteiger partial charge in [-0.2, -0.15) is 0 Å². The number of phenols is 7. The molecule has 41 heavy (non-hydrogen) atoms. The van der Waals surface area contributed by atoms with Crippen LogP contribution in [0.5, 0.6) is 46.0 Å². The Morgan fingerprint density at radius 2 is 1.37 bits per heavy atom. The molecular weight excluding hydrogens is 536 g/mol. The number of aromatic hydroxyl groups is 7. The Balaban J connectivity index is 1.54. The first-order valence-corrected chi connectivity index (χ1v) is 12.2. The Labute approximate surface area is 229 Å². The van der Waals surface area contributed by atoms with E-state index in [0.717, 1.165) is 30.3 Å². The van der Waals surface area contributed by atoms with Crippen molar-refractivity contribution >= 4 is 16.8 Å². The number of fused-ring (bicyclic) bond motifs is 2. The summed E-state index contributed by atoms with van der Waals surface area (Å²) in [5, 5.41) is 72.7. The van der Waals surface area contributed by atoms with Crippen molar-refractivity contribution in [3.8, 4) is 68.4 Å². The van der Waals surface area contributed by atoms with Gasteiger partial charge in [-0.3, -0.25) is 9.59 Å². The fraction of sp³-hybridized carbons (Fsp3) is 0.0667. The highest BCUT2D eigenvalue weighted by Gasteiger charge is 2.35. The van der Waals surface area contributed by atoms with Gasteiger partial charge in [0.05, 0.1) is 12.0 Å². The van der Waals surface area contributed by atoms with E-state index >= 15 is 0 Å². The Hall–Kier alpha value is -5.84. The zero-order valence-electron chi connectivity index (χ0n) is 20.8. The number of rotatable bonds is 3. The summed E-state index contributed by atoms with van der Waals surface area (Å²) in [5.41, 5.74) is -1.32. The molecule has 1 aromatic heterocycles. The molecule has 0 spiro atoms. The molecule has 1 aliphatic heterocycles. The topological polar surface area (TPSA) is 198 Å². The third kappa shape index (κ3) is 4.07. The molecule has 6 rings (SSSR count). The predicted octanol–water partition coefficient (Wildman–Crippen LogP) is 4.77. The van der Waals surface area contributed by atoms with E-state index in [0.29, 0.717) is 5.56 Å². The van der Waals surface area contributed by atoms with Crippen LogP contribution >= 0.6 is 0 Å². The second kappa shape index (κ2) is 9.12. The molecule has 7 N–H and O–H groups in total. The molecule has 1 aliphatic rings. The minimum Gasteiger partial charge on any atom is -0.508 e. The van der Waals surface area contributed by atoms with E-state index in [4.69, 9.17) is 9.15 Å². The van der Waals surface area contributed by atoms with Gasteiger partial charge in [0.25, 0.3) is 0 Å². The van der Waals surface area contributed by atoms with Crippen LogP contribution in [0.4, 0.5) is 0 Å². The lowest BCUT2D eigenvalue weighted by atomic mass is 9.88. The maximum absolute atomic E-state index is 13.2. The standard InChI is InChI=1S/C30H20O11/c31-13-3-1-12(2-4-13)21-9-19(36)27-24(40-21)11-20(37)28(30(27)39)25-15(5-6-16(33)29(25)38)22-10-18(35)26-17(34)7-14(32)8-23(26)41-22/h1-9,11,22,31-34,37-39H,10H2. The zero-order valence-corrected chi connectivity index (χ0v) is 20.8. The van der Waals surface area contributed by atoms with Crippen molar-refractivity contribution in [1.82, 2.24) is 0 Å². The van der Waals surface area contributed by atoms with Crippen LogP contribution in [0.3, 0.4) is 0 Å². The molecule has 0 aliphatic carbocycles. The lowest BCUT2D eigenvalue weighted by Gasteiger charge is -2.28. The van der Waals surface area contributed by atoms with Crippen molar-refractivity contribution in [2.45, 2.75) is 12.5 Å². The highest BCUT2D eigenvalue weighted by molar-refractivity contribution is 6.03. The molecule has 0 bridgehead atoms. The van der Waals surface area contributed by atoms with Gasteiger partial charge < -0.3 is 44.9 Å². The molecule has 2 heterocycles. The predicted molar refractivity (Wildman–Crippen MR) is 144 cm³/mol. The lowest BCUT2D eigenvalue weighted by Crippen LogP contribution is -2.21. The number of carbonyl (C=O) groups is 1. The third-order valence-electron chi connectivity index (χ3n) is 6.89. The van der Waals surface area contributed by atoms with Crippen LogP contribution in [0, 0.1) is 0 Å². The number of ether oxygens (including phenoxy) is 1. The van der Waals surface area contributed by atoms with Gasteiger partial charge >= 0.3 is 0 Å². The summed E-state index contributed by atoms with van der Waals surface area (Å²) in [6, 6.07) is 12.5. The quantitative estimate of drug-likeness (QED) is 0.151. The molecular formula is C30H20O11. The molecule has 4 aromatic carbocycles. The summed E-state index contributed by atoms with van der Waals surface area (Å²) in [7, 11) is 0. The van der Waals surface area contributed by atoms with Gasteiger partial charge in [-0.25, -0.2) is 0 Å². The monoisotopic (exact) mass is 556 g/mol. The molecule has 1 unspecified atom stereocenters. The Kier molecular flexibility index (Phi) is 5.66.